The first-order valence-corrected chi connectivity index (χ1v) is 6.98. The fourth-order valence-electron chi connectivity index (χ4n) is 2.53. The molecule has 0 saturated heterocycles. The number of anilines is 2. The van der Waals surface area contributed by atoms with Gasteiger partial charge in [0, 0.05) is 16.8 Å². The Morgan fingerprint density at radius 3 is 2.10 bits per heavy atom. The van der Waals surface area contributed by atoms with E-state index in [-0.39, 0.29) is 0 Å². The normalized spacial score (nSPS) is 10.8. The van der Waals surface area contributed by atoms with E-state index in [1.165, 1.54) is 27.5 Å². The third-order valence-electron chi connectivity index (χ3n) is 3.93. The Hall–Kier alpha value is -2.28. The molecule has 0 amide bonds. The quantitative estimate of drug-likeness (QED) is 0.641. The fraction of sp³-hybridized carbons (Fsp3) is 0.158. The Labute approximate surface area is 120 Å². The van der Waals surface area contributed by atoms with Crippen molar-refractivity contribution in [3.8, 4) is 0 Å². The van der Waals surface area contributed by atoms with Gasteiger partial charge >= 0.3 is 0 Å². The van der Waals surface area contributed by atoms with Gasteiger partial charge in [0.25, 0.3) is 0 Å². The van der Waals surface area contributed by atoms with Crippen molar-refractivity contribution in [2.45, 2.75) is 20.8 Å². The summed E-state index contributed by atoms with van der Waals surface area (Å²) in [7, 11) is 0. The summed E-state index contributed by atoms with van der Waals surface area (Å²) in [5.74, 6) is 0. The van der Waals surface area contributed by atoms with Crippen LogP contribution in [0.4, 0.5) is 11.4 Å². The highest BCUT2D eigenvalue weighted by Gasteiger charge is 2.04. The van der Waals surface area contributed by atoms with Crippen LogP contribution < -0.4 is 5.32 Å². The lowest BCUT2D eigenvalue weighted by Gasteiger charge is -2.12. The summed E-state index contributed by atoms with van der Waals surface area (Å²) in [5, 5.41) is 6.12. The third-order valence-corrected chi connectivity index (χ3v) is 3.93. The van der Waals surface area contributed by atoms with Crippen LogP contribution in [0.5, 0.6) is 0 Å². The molecular weight excluding hydrogens is 242 g/mol. The molecular formula is C19H19N. The zero-order chi connectivity index (χ0) is 14.1. The Bertz CT molecular complexity index is 772. The van der Waals surface area contributed by atoms with E-state index in [1.807, 2.05) is 0 Å². The minimum atomic E-state index is 1.14. The van der Waals surface area contributed by atoms with E-state index in [9.17, 15) is 0 Å². The average Bonchev–Trinajstić information content (AvgIpc) is 2.46. The van der Waals surface area contributed by atoms with Crippen molar-refractivity contribution >= 4 is 22.1 Å². The van der Waals surface area contributed by atoms with E-state index in [1.54, 1.807) is 0 Å². The molecule has 0 bridgehead atoms. The lowest BCUT2D eigenvalue weighted by molar-refractivity contribution is 1.34. The van der Waals surface area contributed by atoms with Crippen molar-refractivity contribution in [3.05, 3.63) is 71.3 Å². The van der Waals surface area contributed by atoms with Gasteiger partial charge in [0.15, 0.2) is 0 Å². The Morgan fingerprint density at radius 1 is 0.650 bits per heavy atom. The maximum Gasteiger partial charge on any atom is 0.0464 e. The molecule has 0 unspecified atom stereocenters. The van der Waals surface area contributed by atoms with Gasteiger partial charge in [-0.05, 0) is 61.0 Å². The van der Waals surface area contributed by atoms with Gasteiger partial charge in [-0.3, -0.25) is 0 Å². The summed E-state index contributed by atoms with van der Waals surface area (Å²) in [5.41, 5.74) is 6.25. The predicted octanol–water partition coefficient (Wildman–Crippen LogP) is 5.51. The van der Waals surface area contributed by atoms with Gasteiger partial charge in [-0.25, -0.2) is 0 Å². The Kier molecular flexibility index (Phi) is 3.19. The minimum Gasteiger partial charge on any atom is -0.355 e. The number of fused-ring (bicyclic) bond motifs is 1. The summed E-state index contributed by atoms with van der Waals surface area (Å²) < 4.78 is 0. The molecule has 3 aromatic rings. The molecule has 0 fully saturated rings. The first-order valence-electron chi connectivity index (χ1n) is 6.98. The van der Waals surface area contributed by atoms with Gasteiger partial charge in [0.05, 0.1) is 0 Å². The molecule has 0 spiro atoms. The van der Waals surface area contributed by atoms with Crippen molar-refractivity contribution in [3.63, 3.8) is 0 Å². The van der Waals surface area contributed by atoms with E-state index in [2.05, 4.69) is 80.7 Å². The molecule has 0 heterocycles. The predicted molar refractivity (Wildman–Crippen MR) is 87.9 cm³/mol. The molecule has 0 aliphatic rings. The molecule has 1 nitrogen and oxygen atoms in total. The molecule has 0 aliphatic heterocycles. The molecule has 20 heavy (non-hydrogen) atoms. The van der Waals surface area contributed by atoms with E-state index in [4.69, 9.17) is 0 Å². The van der Waals surface area contributed by atoms with Crippen LogP contribution in [0.15, 0.2) is 54.6 Å². The van der Waals surface area contributed by atoms with Gasteiger partial charge in [-0.15, -0.1) is 0 Å². The molecule has 0 saturated carbocycles. The molecule has 1 heteroatoms. The van der Waals surface area contributed by atoms with Crippen molar-refractivity contribution in [1.29, 1.82) is 0 Å². The van der Waals surface area contributed by atoms with Gasteiger partial charge < -0.3 is 5.32 Å². The van der Waals surface area contributed by atoms with Crippen LogP contribution in [0, 0.1) is 20.8 Å². The van der Waals surface area contributed by atoms with Gasteiger partial charge in [0.2, 0.25) is 0 Å². The standard InChI is InChI=1S/C19H19N/c1-13-8-10-16(12-15(13)3)20-19-11-9-14(2)17-6-4-5-7-18(17)19/h4-12,20H,1-3H3. The van der Waals surface area contributed by atoms with Gasteiger partial charge in [-0.2, -0.15) is 0 Å². The number of benzene rings is 3. The van der Waals surface area contributed by atoms with Crippen LogP contribution in [-0.4, -0.2) is 0 Å². The lowest BCUT2D eigenvalue weighted by atomic mass is 10.0. The molecule has 0 radical (unpaired) electrons. The van der Waals surface area contributed by atoms with Crippen LogP contribution in [0.25, 0.3) is 10.8 Å². The molecule has 3 rings (SSSR count). The number of hydrogen-bond acceptors (Lipinski definition) is 1. The minimum absolute atomic E-state index is 1.14. The molecule has 3 aromatic carbocycles. The molecule has 0 aliphatic carbocycles. The second-order valence-electron chi connectivity index (χ2n) is 5.40. The van der Waals surface area contributed by atoms with E-state index in [0.29, 0.717) is 0 Å². The van der Waals surface area contributed by atoms with Crippen molar-refractivity contribution in [2.24, 2.45) is 0 Å². The maximum absolute atomic E-state index is 3.54. The highest BCUT2D eigenvalue weighted by atomic mass is 14.9. The smallest absolute Gasteiger partial charge is 0.0464 e. The van der Waals surface area contributed by atoms with Crippen LogP contribution in [0.1, 0.15) is 16.7 Å². The average molecular weight is 261 g/mol. The van der Waals surface area contributed by atoms with E-state index < -0.39 is 0 Å². The van der Waals surface area contributed by atoms with E-state index in [0.717, 1.165) is 11.4 Å². The Balaban J connectivity index is 2.06. The van der Waals surface area contributed by atoms with Gasteiger partial charge in [-0.1, -0.05) is 36.4 Å². The topological polar surface area (TPSA) is 12.0 Å². The van der Waals surface area contributed by atoms with Crippen molar-refractivity contribution in [2.75, 3.05) is 5.32 Å². The summed E-state index contributed by atoms with van der Waals surface area (Å²) in [4.78, 5) is 0. The largest absolute Gasteiger partial charge is 0.355 e. The van der Waals surface area contributed by atoms with Crippen molar-refractivity contribution < 1.29 is 0 Å². The zero-order valence-electron chi connectivity index (χ0n) is 12.2. The number of nitrogens with one attached hydrogen (secondary N) is 1. The first kappa shape index (κ1) is 12.7. The maximum atomic E-state index is 3.54. The van der Waals surface area contributed by atoms with E-state index >= 15 is 0 Å². The van der Waals surface area contributed by atoms with Crippen LogP contribution in [-0.2, 0) is 0 Å². The lowest BCUT2D eigenvalue weighted by Crippen LogP contribution is -1.93. The molecule has 1 N–H and O–H groups in total. The fourth-order valence-corrected chi connectivity index (χ4v) is 2.53. The Morgan fingerprint density at radius 2 is 1.35 bits per heavy atom. The summed E-state index contributed by atoms with van der Waals surface area (Å²) >= 11 is 0. The SMILES string of the molecule is Cc1ccc(Nc2ccc(C)c3ccccc23)cc1C. The third kappa shape index (κ3) is 2.27. The summed E-state index contributed by atoms with van der Waals surface area (Å²) in [6.45, 7) is 6.44. The van der Waals surface area contributed by atoms with Crippen LogP contribution >= 0.6 is 0 Å². The van der Waals surface area contributed by atoms with Crippen LogP contribution in [0.3, 0.4) is 0 Å². The molecule has 100 valence electrons. The number of hydrogen-bond donors (Lipinski definition) is 1. The second-order valence-corrected chi connectivity index (χ2v) is 5.40. The van der Waals surface area contributed by atoms with Crippen molar-refractivity contribution in [1.82, 2.24) is 0 Å². The number of aryl methyl sites for hydroxylation is 3. The molecule has 0 aromatic heterocycles. The summed E-state index contributed by atoms with van der Waals surface area (Å²) in [6, 6.07) is 19.4. The zero-order valence-corrected chi connectivity index (χ0v) is 12.2. The van der Waals surface area contributed by atoms with Gasteiger partial charge in [0.1, 0.15) is 0 Å². The highest BCUT2D eigenvalue weighted by Crippen LogP contribution is 2.29. The molecule has 0 atom stereocenters. The highest BCUT2D eigenvalue weighted by molar-refractivity contribution is 5.97. The summed E-state index contributed by atoms with van der Waals surface area (Å²) in [6.07, 6.45) is 0. The number of rotatable bonds is 2. The van der Waals surface area contributed by atoms with Crippen LogP contribution in [0.2, 0.25) is 0 Å². The first-order chi connectivity index (χ1) is 9.65. The second kappa shape index (κ2) is 5.01. The monoisotopic (exact) mass is 261 g/mol.